The van der Waals surface area contributed by atoms with Crippen molar-refractivity contribution in [2.24, 2.45) is 13.0 Å². The monoisotopic (exact) mass is 364 g/mol. The van der Waals surface area contributed by atoms with E-state index in [1.54, 1.807) is 9.58 Å². The van der Waals surface area contributed by atoms with Crippen molar-refractivity contribution in [3.63, 3.8) is 0 Å². The number of aryl methyl sites for hydroxylation is 1. The van der Waals surface area contributed by atoms with Gasteiger partial charge in [-0.2, -0.15) is 10.2 Å². The smallest absolute Gasteiger partial charge is 0.245 e. The molecule has 140 valence electrons. The van der Waals surface area contributed by atoms with Crippen LogP contribution in [0.4, 0.5) is 0 Å². The summed E-state index contributed by atoms with van der Waals surface area (Å²) >= 11 is 0. The van der Waals surface area contributed by atoms with Gasteiger partial charge in [-0.3, -0.25) is 9.48 Å². The number of hydrogen-bond donors (Lipinski definition) is 0. The molecule has 0 aliphatic heterocycles. The van der Waals surface area contributed by atoms with Gasteiger partial charge < -0.3 is 4.90 Å². The molecule has 0 N–H and O–H groups in total. The Morgan fingerprint density at radius 3 is 2.96 bits per heavy atom. The first kappa shape index (κ1) is 17.5. The van der Waals surface area contributed by atoms with Crippen LogP contribution in [0.1, 0.15) is 30.9 Å². The van der Waals surface area contributed by atoms with Crippen LogP contribution < -0.4 is 0 Å². The SMILES string of the molecule is C=CC(=O)N(C)C[C@@H]1CC[C@H](c2nc(-c3cnn(C)c3)cn3nccc23)C1. The number of amides is 1. The fourth-order valence-electron chi connectivity index (χ4n) is 4.07. The zero-order chi connectivity index (χ0) is 19.0. The van der Waals surface area contributed by atoms with Crippen LogP contribution in [0.25, 0.3) is 16.8 Å². The van der Waals surface area contributed by atoms with Crippen molar-refractivity contribution in [1.29, 1.82) is 0 Å². The Balaban J connectivity index is 1.61. The van der Waals surface area contributed by atoms with Crippen molar-refractivity contribution in [1.82, 2.24) is 29.3 Å². The van der Waals surface area contributed by atoms with Crippen molar-refractivity contribution < 1.29 is 4.79 Å². The minimum Gasteiger partial charge on any atom is -0.342 e. The second kappa shape index (κ2) is 6.98. The Bertz CT molecular complexity index is 987. The van der Waals surface area contributed by atoms with Gasteiger partial charge in [0.05, 0.1) is 35.5 Å². The first-order valence-corrected chi connectivity index (χ1v) is 9.26. The predicted octanol–water partition coefficient (Wildman–Crippen LogP) is 2.66. The Morgan fingerprint density at radius 2 is 2.22 bits per heavy atom. The van der Waals surface area contributed by atoms with E-state index in [4.69, 9.17) is 4.98 Å². The number of nitrogens with zero attached hydrogens (tertiary/aromatic N) is 6. The molecule has 0 spiro atoms. The van der Waals surface area contributed by atoms with E-state index in [9.17, 15) is 4.79 Å². The van der Waals surface area contributed by atoms with E-state index in [1.807, 2.05) is 49.5 Å². The number of carbonyl (C=O) groups excluding carboxylic acids is 1. The van der Waals surface area contributed by atoms with Crippen LogP contribution in [-0.4, -0.2) is 48.8 Å². The average molecular weight is 364 g/mol. The van der Waals surface area contributed by atoms with Gasteiger partial charge in [0.1, 0.15) is 0 Å². The molecule has 3 aromatic rings. The normalized spacial score (nSPS) is 19.5. The average Bonchev–Trinajstić information content (AvgIpc) is 3.40. The van der Waals surface area contributed by atoms with Gasteiger partial charge in [0.25, 0.3) is 0 Å². The summed E-state index contributed by atoms with van der Waals surface area (Å²) in [7, 11) is 3.74. The van der Waals surface area contributed by atoms with Crippen LogP contribution >= 0.6 is 0 Å². The fourth-order valence-corrected chi connectivity index (χ4v) is 4.07. The van der Waals surface area contributed by atoms with Gasteiger partial charge in [0, 0.05) is 38.3 Å². The molecule has 3 aromatic heterocycles. The van der Waals surface area contributed by atoms with Gasteiger partial charge in [0.15, 0.2) is 0 Å². The third-order valence-corrected chi connectivity index (χ3v) is 5.43. The number of carbonyl (C=O) groups is 1. The van der Waals surface area contributed by atoms with Crippen LogP contribution in [0, 0.1) is 5.92 Å². The maximum Gasteiger partial charge on any atom is 0.245 e. The van der Waals surface area contributed by atoms with Crippen molar-refractivity contribution >= 4 is 11.4 Å². The quantitative estimate of drug-likeness (QED) is 0.653. The Kier molecular flexibility index (Phi) is 4.51. The molecule has 0 unspecified atom stereocenters. The topological polar surface area (TPSA) is 68.3 Å². The lowest BCUT2D eigenvalue weighted by atomic mass is 10.00. The van der Waals surface area contributed by atoms with Gasteiger partial charge in [-0.05, 0) is 37.3 Å². The summed E-state index contributed by atoms with van der Waals surface area (Å²) in [6.07, 6.45) is 12.1. The summed E-state index contributed by atoms with van der Waals surface area (Å²) in [5.41, 5.74) is 4.02. The highest BCUT2D eigenvalue weighted by Gasteiger charge is 2.30. The van der Waals surface area contributed by atoms with E-state index < -0.39 is 0 Å². The highest BCUT2D eigenvalue weighted by Crippen LogP contribution is 2.40. The molecule has 1 aliphatic carbocycles. The number of likely N-dealkylation sites (N-methyl/N-ethyl adjacent to an activating group) is 1. The summed E-state index contributed by atoms with van der Waals surface area (Å²) in [4.78, 5) is 18.5. The molecule has 7 nitrogen and oxygen atoms in total. The Labute approximate surface area is 158 Å². The largest absolute Gasteiger partial charge is 0.342 e. The number of fused-ring (bicyclic) bond motifs is 1. The second-order valence-corrected chi connectivity index (χ2v) is 7.37. The van der Waals surface area contributed by atoms with Crippen molar-refractivity contribution in [2.75, 3.05) is 13.6 Å². The zero-order valence-corrected chi connectivity index (χ0v) is 15.7. The number of rotatable bonds is 5. The lowest BCUT2D eigenvalue weighted by molar-refractivity contribution is -0.125. The van der Waals surface area contributed by atoms with Crippen LogP contribution in [0.15, 0.2) is 43.5 Å². The lowest BCUT2D eigenvalue weighted by Gasteiger charge is -2.20. The molecule has 4 rings (SSSR count). The molecule has 0 aromatic carbocycles. The van der Waals surface area contributed by atoms with Gasteiger partial charge >= 0.3 is 0 Å². The van der Waals surface area contributed by atoms with Crippen LogP contribution in [0.3, 0.4) is 0 Å². The van der Waals surface area contributed by atoms with Crippen molar-refractivity contribution in [3.8, 4) is 11.3 Å². The summed E-state index contributed by atoms with van der Waals surface area (Å²) in [6, 6.07) is 2.02. The molecule has 1 saturated carbocycles. The van der Waals surface area contributed by atoms with Crippen molar-refractivity contribution in [2.45, 2.75) is 25.2 Å². The molecule has 0 radical (unpaired) electrons. The van der Waals surface area contributed by atoms with E-state index in [0.29, 0.717) is 11.8 Å². The van der Waals surface area contributed by atoms with Gasteiger partial charge in [-0.15, -0.1) is 0 Å². The molecule has 0 bridgehead atoms. The lowest BCUT2D eigenvalue weighted by Crippen LogP contribution is -2.29. The number of hydrogen-bond acceptors (Lipinski definition) is 4. The summed E-state index contributed by atoms with van der Waals surface area (Å²) in [6.45, 7) is 4.33. The van der Waals surface area contributed by atoms with E-state index in [-0.39, 0.29) is 5.91 Å². The predicted molar refractivity (Wildman–Crippen MR) is 103 cm³/mol. The van der Waals surface area contributed by atoms with Gasteiger partial charge in [-0.25, -0.2) is 9.50 Å². The summed E-state index contributed by atoms with van der Waals surface area (Å²) in [5, 5.41) is 8.69. The first-order chi connectivity index (χ1) is 13.0. The minimum absolute atomic E-state index is 0.0201. The molecule has 1 fully saturated rings. The molecule has 1 amide bonds. The van der Waals surface area contributed by atoms with Crippen LogP contribution in [0.2, 0.25) is 0 Å². The molecule has 0 saturated heterocycles. The van der Waals surface area contributed by atoms with E-state index in [0.717, 1.165) is 48.3 Å². The Morgan fingerprint density at radius 1 is 1.37 bits per heavy atom. The molecule has 1 aliphatic rings. The van der Waals surface area contributed by atoms with E-state index in [2.05, 4.69) is 16.8 Å². The van der Waals surface area contributed by atoms with Gasteiger partial charge in [-0.1, -0.05) is 6.58 Å². The summed E-state index contributed by atoms with van der Waals surface area (Å²) < 4.78 is 3.69. The van der Waals surface area contributed by atoms with Crippen LogP contribution in [0.5, 0.6) is 0 Å². The van der Waals surface area contributed by atoms with Crippen LogP contribution in [-0.2, 0) is 11.8 Å². The molecule has 3 heterocycles. The fraction of sp³-hybridized carbons (Fsp3) is 0.400. The second-order valence-electron chi connectivity index (χ2n) is 7.37. The standard InChI is InChI=1S/C20H24N6O/c1-4-19(27)24(2)11-14-5-6-15(9-14)20-18-7-8-21-26(18)13-17(23-20)16-10-22-25(3)12-16/h4,7-8,10,12-15H,1,5-6,9,11H2,2-3H3/t14-,15+/m1/s1. The number of aromatic nitrogens is 5. The molecular weight excluding hydrogens is 340 g/mol. The highest BCUT2D eigenvalue weighted by molar-refractivity contribution is 5.86. The maximum absolute atomic E-state index is 11.8. The van der Waals surface area contributed by atoms with Gasteiger partial charge in [0.2, 0.25) is 5.91 Å². The van der Waals surface area contributed by atoms with E-state index in [1.165, 1.54) is 6.08 Å². The highest BCUT2D eigenvalue weighted by atomic mass is 16.2. The Hall–Kier alpha value is -2.96. The maximum atomic E-state index is 11.8. The molecule has 27 heavy (non-hydrogen) atoms. The summed E-state index contributed by atoms with van der Waals surface area (Å²) in [5.74, 6) is 0.835. The zero-order valence-electron chi connectivity index (χ0n) is 15.7. The van der Waals surface area contributed by atoms with Crippen molar-refractivity contribution in [3.05, 3.63) is 49.2 Å². The first-order valence-electron chi connectivity index (χ1n) is 9.26. The molecular formula is C20H24N6O. The van der Waals surface area contributed by atoms with E-state index >= 15 is 0 Å². The third-order valence-electron chi connectivity index (χ3n) is 5.43. The third kappa shape index (κ3) is 3.37. The molecule has 7 heteroatoms. The molecule has 2 atom stereocenters. The minimum atomic E-state index is -0.0201.